The van der Waals surface area contributed by atoms with Crippen LogP contribution in [0.5, 0.6) is 0 Å². The van der Waals surface area contributed by atoms with E-state index in [1.807, 2.05) is 0 Å². The summed E-state index contributed by atoms with van der Waals surface area (Å²) in [6, 6.07) is 4.12. The van der Waals surface area contributed by atoms with Gasteiger partial charge in [0.1, 0.15) is 18.8 Å². The first-order chi connectivity index (χ1) is 17.4. The minimum absolute atomic E-state index is 0.184. The van der Waals surface area contributed by atoms with Gasteiger partial charge in [-0.3, -0.25) is 34.1 Å². The third-order valence-corrected chi connectivity index (χ3v) is 4.80. The third kappa shape index (κ3) is 9.00. The quantitative estimate of drug-likeness (QED) is 0.158. The predicted molar refractivity (Wildman–Crippen MR) is 122 cm³/mol. The Balaban J connectivity index is 2.38. The summed E-state index contributed by atoms with van der Waals surface area (Å²) in [7, 11) is 0. The highest BCUT2D eigenvalue weighted by Crippen LogP contribution is 2.28. The summed E-state index contributed by atoms with van der Waals surface area (Å²) >= 11 is 0. The van der Waals surface area contributed by atoms with Gasteiger partial charge in [-0.1, -0.05) is 12.1 Å². The minimum Gasteiger partial charge on any atom is -0.463 e. The summed E-state index contributed by atoms with van der Waals surface area (Å²) in [6.45, 7) is 3.92. The Bertz CT molecular complexity index is 1090. The van der Waals surface area contributed by atoms with E-state index >= 15 is 0 Å². The summed E-state index contributed by atoms with van der Waals surface area (Å²) in [6.07, 6.45) is -3.21. The van der Waals surface area contributed by atoms with Crippen molar-refractivity contribution in [3.63, 3.8) is 0 Å². The Hall–Kier alpha value is -4.33. The van der Waals surface area contributed by atoms with E-state index in [-0.39, 0.29) is 5.69 Å². The maximum Gasteiger partial charge on any atom is 0.305 e. The number of hydrogen-bond donors (Lipinski definition) is 1. The summed E-state index contributed by atoms with van der Waals surface area (Å²) in [5.41, 5.74) is 0.160. The molecule has 14 nitrogen and oxygen atoms in total. The van der Waals surface area contributed by atoms with Crippen LogP contribution in [-0.2, 0) is 47.7 Å². The highest BCUT2D eigenvalue weighted by molar-refractivity contribution is 5.92. The number of nitro benzene ring substituents is 1. The Morgan fingerprint density at radius 1 is 0.973 bits per heavy atom. The second kappa shape index (κ2) is 13.1. The van der Waals surface area contributed by atoms with Gasteiger partial charge in [0.2, 0.25) is 12.2 Å². The molecule has 0 spiro atoms. The number of nitrogens with one attached hydrogen (secondary N) is 1. The Morgan fingerprint density at radius 3 is 2.16 bits per heavy atom. The molecule has 1 heterocycles. The van der Waals surface area contributed by atoms with Crippen LogP contribution in [0.1, 0.15) is 33.3 Å². The number of esters is 4. The van der Waals surface area contributed by atoms with Gasteiger partial charge in [-0.25, -0.2) is 0 Å². The molecule has 0 aromatic heterocycles. The number of carbonyl (C=O) groups excluding carboxylic acids is 5. The highest BCUT2D eigenvalue weighted by Gasteiger charge is 2.52. The standard InChI is InChI=1S/C23H26N2O12/c1-12(26)33-11-18-21(34-13(2)27)22(35-14(3)28)20(23(37-18)36-15(4)29)24-19(30)9-8-16-6-5-7-17(10-16)25(31)32/h5-10,18,20-23H,11H2,1-4H3,(H,24,30)/b9-8+/t18-,20+,21+,22+,23-/m0/s1. The van der Waals surface area contributed by atoms with Gasteiger partial charge in [0, 0.05) is 45.9 Å². The van der Waals surface area contributed by atoms with Crippen LogP contribution in [-0.4, -0.2) is 72.0 Å². The van der Waals surface area contributed by atoms with Crippen LogP contribution in [0.15, 0.2) is 30.3 Å². The van der Waals surface area contributed by atoms with Crippen LogP contribution in [0.2, 0.25) is 0 Å². The van der Waals surface area contributed by atoms with Crippen molar-refractivity contribution in [2.45, 2.75) is 58.3 Å². The second-order valence-electron chi connectivity index (χ2n) is 7.82. The monoisotopic (exact) mass is 522 g/mol. The molecular formula is C23H26N2O12. The molecule has 14 heteroatoms. The first-order valence-electron chi connectivity index (χ1n) is 10.9. The fraction of sp³-hybridized carbons (Fsp3) is 0.435. The normalized spacial score (nSPS) is 23.0. The van der Waals surface area contributed by atoms with E-state index in [1.165, 1.54) is 30.3 Å². The van der Waals surface area contributed by atoms with E-state index in [0.717, 1.165) is 33.8 Å². The van der Waals surface area contributed by atoms with Gasteiger partial charge in [-0.05, 0) is 11.6 Å². The van der Waals surface area contributed by atoms with Crippen LogP contribution in [0.25, 0.3) is 6.08 Å². The van der Waals surface area contributed by atoms with Crippen molar-refractivity contribution < 1.29 is 52.6 Å². The van der Waals surface area contributed by atoms with Crippen molar-refractivity contribution in [2.24, 2.45) is 0 Å². The molecule has 0 bridgehead atoms. The number of benzene rings is 1. The molecule has 0 unspecified atom stereocenters. The maximum absolute atomic E-state index is 12.7. The van der Waals surface area contributed by atoms with Gasteiger partial charge >= 0.3 is 23.9 Å². The van der Waals surface area contributed by atoms with E-state index in [1.54, 1.807) is 0 Å². The first-order valence-corrected chi connectivity index (χ1v) is 10.9. The van der Waals surface area contributed by atoms with E-state index in [4.69, 9.17) is 23.7 Å². The molecule has 1 saturated heterocycles. The van der Waals surface area contributed by atoms with Gasteiger partial charge < -0.3 is 29.0 Å². The lowest BCUT2D eigenvalue weighted by Gasteiger charge is -2.44. The van der Waals surface area contributed by atoms with Crippen molar-refractivity contribution in [2.75, 3.05) is 6.61 Å². The maximum atomic E-state index is 12.7. The zero-order valence-electron chi connectivity index (χ0n) is 20.4. The Morgan fingerprint density at radius 2 is 1.59 bits per heavy atom. The van der Waals surface area contributed by atoms with Crippen LogP contribution >= 0.6 is 0 Å². The Kier molecular flexibility index (Phi) is 10.2. The molecule has 1 aliphatic rings. The van der Waals surface area contributed by atoms with E-state index in [9.17, 15) is 34.1 Å². The number of nitrogens with zero attached hydrogens (tertiary/aromatic N) is 1. The molecule has 0 radical (unpaired) electrons. The van der Waals surface area contributed by atoms with Gasteiger partial charge in [-0.15, -0.1) is 0 Å². The molecule has 5 atom stereocenters. The number of amides is 1. The average molecular weight is 522 g/mol. The molecule has 1 aromatic rings. The second-order valence-corrected chi connectivity index (χ2v) is 7.82. The van der Waals surface area contributed by atoms with Crippen LogP contribution in [0.3, 0.4) is 0 Å². The number of hydrogen-bond acceptors (Lipinski definition) is 12. The molecule has 1 N–H and O–H groups in total. The molecule has 2 rings (SSSR count). The van der Waals surface area contributed by atoms with Crippen molar-refractivity contribution in [3.05, 3.63) is 46.0 Å². The van der Waals surface area contributed by atoms with E-state index < -0.39 is 72.0 Å². The smallest absolute Gasteiger partial charge is 0.305 e. The number of rotatable bonds is 9. The van der Waals surface area contributed by atoms with Crippen LogP contribution < -0.4 is 5.32 Å². The van der Waals surface area contributed by atoms with E-state index in [2.05, 4.69) is 5.32 Å². The van der Waals surface area contributed by atoms with Gasteiger partial charge in [-0.2, -0.15) is 0 Å². The van der Waals surface area contributed by atoms with Crippen LogP contribution in [0.4, 0.5) is 5.69 Å². The minimum atomic E-state index is -1.54. The lowest BCUT2D eigenvalue weighted by atomic mass is 9.96. The number of non-ortho nitro benzene ring substituents is 1. The average Bonchev–Trinajstić information content (AvgIpc) is 2.79. The Labute approximate surface area is 211 Å². The molecule has 1 aliphatic heterocycles. The fourth-order valence-corrected chi connectivity index (χ4v) is 3.45. The zero-order valence-corrected chi connectivity index (χ0v) is 20.4. The van der Waals surface area contributed by atoms with Crippen molar-refractivity contribution in [3.8, 4) is 0 Å². The lowest BCUT2D eigenvalue weighted by Crippen LogP contribution is -2.66. The van der Waals surface area contributed by atoms with Crippen molar-refractivity contribution in [1.29, 1.82) is 0 Å². The summed E-state index contributed by atoms with van der Waals surface area (Å²) in [4.78, 5) is 69.9. The summed E-state index contributed by atoms with van der Waals surface area (Å²) in [5.74, 6) is -3.88. The molecule has 1 aromatic carbocycles. The molecule has 0 saturated carbocycles. The molecule has 0 aliphatic carbocycles. The number of ether oxygens (including phenoxy) is 5. The summed E-state index contributed by atoms with van der Waals surface area (Å²) < 4.78 is 26.4. The van der Waals surface area contributed by atoms with E-state index in [0.29, 0.717) is 5.56 Å². The predicted octanol–water partition coefficient (Wildman–Crippen LogP) is 0.807. The third-order valence-electron chi connectivity index (χ3n) is 4.80. The molecule has 1 fully saturated rings. The van der Waals surface area contributed by atoms with Crippen LogP contribution in [0, 0.1) is 10.1 Å². The fourth-order valence-electron chi connectivity index (χ4n) is 3.45. The molecule has 1 amide bonds. The number of nitro groups is 1. The van der Waals surface area contributed by atoms with Crippen molar-refractivity contribution in [1.82, 2.24) is 5.32 Å². The zero-order chi connectivity index (χ0) is 27.7. The summed E-state index contributed by atoms with van der Waals surface area (Å²) in [5, 5.41) is 13.4. The molecule has 200 valence electrons. The molecular weight excluding hydrogens is 496 g/mol. The molecule has 37 heavy (non-hydrogen) atoms. The highest BCUT2D eigenvalue weighted by atomic mass is 16.7. The largest absolute Gasteiger partial charge is 0.463 e. The number of carbonyl (C=O) groups is 5. The van der Waals surface area contributed by atoms with Crippen molar-refractivity contribution >= 4 is 41.5 Å². The SMILES string of the molecule is CC(=O)OC[C@@H]1O[C@H](OC(C)=O)[C@H](NC(=O)/C=C/c2cccc([N+](=O)[O-])c2)[C@@H](OC(C)=O)[C@@H]1OC(C)=O. The first kappa shape index (κ1) is 28.9. The van der Waals surface area contributed by atoms with Gasteiger partial charge in [0.15, 0.2) is 12.2 Å². The van der Waals surface area contributed by atoms with Gasteiger partial charge in [0.25, 0.3) is 5.69 Å². The lowest BCUT2D eigenvalue weighted by molar-refractivity contribution is -0.384. The topological polar surface area (TPSA) is 187 Å². The van der Waals surface area contributed by atoms with Gasteiger partial charge in [0.05, 0.1) is 4.92 Å².